The number of thioether (sulfide) groups is 1. The quantitative estimate of drug-likeness (QED) is 0.752. The number of nitrogens with zero attached hydrogens (tertiary/aromatic N) is 2. The van der Waals surface area contributed by atoms with Crippen LogP contribution in [0, 0.1) is 0 Å². The summed E-state index contributed by atoms with van der Waals surface area (Å²) in [5.41, 5.74) is 5.96. The monoisotopic (exact) mass is 201 g/mol. The van der Waals surface area contributed by atoms with Gasteiger partial charge < -0.3 is 10.6 Å². The Hall–Kier alpha value is -0.220. The third-order valence-corrected chi connectivity index (χ3v) is 2.97. The van der Waals surface area contributed by atoms with Gasteiger partial charge in [-0.05, 0) is 20.3 Å². The van der Waals surface area contributed by atoms with E-state index < -0.39 is 0 Å². The van der Waals surface area contributed by atoms with Gasteiger partial charge in [0.1, 0.15) is 0 Å². The van der Waals surface area contributed by atoms with Crippen molar-refractivity contribution < 1.29 is 0 Å². The summed E-state index contributed by atoms with van der Waals surface area (Å²) < 4.78 is 0. The first-order valence-corrected chi connectivity index (χ1v) is 5.86. The number of amidine groups is 1. The normalized spacial score (nSPS) is 26.4. The molecule has 0 amide bonds. The fourth-order valence-corrected chi connectivity index (χ4v) is 2.49. The standard InChI is InChI=1S/C9H19N3S/c1-4-5-12-8(10)6-13-9(12)11-7(2)3/h7-8H,4-6,10H2,1-3H3. The maximum Gasteiger partial charge on any atom is 0.160 e. The number of aliphatic imine (C=N–C) groups is 1. The van der Waals surface area contributed by atoms with Gasteiger partial charge in [0, 0.05) is 18.3 Å². The zero-order valence-electron chi connectivity index (χ0n) is 8.66. The van der Waals surface area contributed by atoms with E-state index in [-0.39, 0.29) is 6.17 Å². The van der Waals surface area contributed by atoms with Crippen LogP contribution < -0.4 is 5.73 Å². The summed E-state index contributed by atoms with van der Waals surface area (Å²) >= 11 is 1.78. The van der Waals surface area contributed by atoms with Gasteiger partial charge in [0.15, 0.2) is 5.17 Å². The lowest BCUT2D eigenvalue weighted by atomic mass is 10.4. The molecule has 4 heteroatoms. The molecule has 1 aliphatic heterocycles. The molecule has 13 heavy (non-hydrogen) atoms. The first kappa shape index (κ1) is 10.9. The van der Waals surface area contributed by atoms with Crippen LogP contribution >= 0.6 is 11.8 Å². The van der Waals surface area contributed by atoms with Crippen molar-refractivity contribution in [1.82, 2.24) is 4.90 Å². The van der Waals surface area contributed by atoms with Crippen molar-refractivity contribution in [2.45, 2.75) is 39.4 Å². The SMILES string of the molecule is CCCN1C(=NC(C)C)SCC1N. The summed E-state index contributed by atoms with van der Waals surface area (Å²) in [6.45, 7) is 7.39. The van der Waals surface area contributed by atoms with Crippen LogP contribution in [0.25, 0.3) is 0 Å². The molecule has 2 N–H and O–H groups in total. The lowest BCUT2D eigenvalue weighted by molar-refractivity contribution is 0.356. The van der Waals surface area contributed by atoms with E-state index in [1.54, 1.807) is 11.8 Å². The van der Waals surface area contributed by atoms with Gasteiger partial charge in [0.2, 0.25) is 0 Å². The van der Waals surface area contributed by atoms with E-state index in [0.29, 0.717) is 6.04 Å². The average molecular weight is 201 g/mol. The van der Waals surface area contributed by atoms with Gasteiger partial charge in [-0.2, -0.15) is 0 Å². The van der Waals surface area contributed by atoms with E-state index in [4.69, 9.17) is 5.73 Å². The number of hydrogen-bond acceptors (Lipinski definition) is 3. The second-order valence-corrected chi connectivity index (χ2v) is 4.56. The fourth-order valence-electron chi connectivity index (χ4n) is 1.31. The molecule has 1 saturated heterocycles. The van der Waals surface area contributed by atoms with E-state index in [1.807, 2.05) is 0 Å². The lowest BCUT2D eigenvalue weighted by Gasteiger charge is -2.22. The Morgan fingerprint density at radius 1 is 1.69 bits per heavy atom. The van der Waals surface area contributed by atoms with Crippen molar-refractivity contribution >= 4 is 16.9 Å². The Balaban J connectivity index is 2.63. The van der Waals surface area contributed by atoms with Crippen molar-refractivity contribution in [3.05, 3.63) is 0 Å². The molecule has 0 aromatic rings. The maximum atomic E-state index is 5.96. The molecule has 1 unspecified atom stereocenters. The van der Waals surface area contributed by atoms with E-state index >= 15 is 0 Å². The maximum absolute atomic E-state index is 5.96. The minimum absolute atomic E-state index is 0.169. The van der Waals surface area contributed by atoms with Crippen molar-refractivity contribution in [3.8, 4) is 0 Å². The molecule has 1 fully saturated rings. The van der Waals surface area contributed by atoms with Gasteiger partial charge in [0.25, 0.3) is 0 Å². The van der Waals surface area contributed by atoms with Crippen LogP contribution in [0.3, 0.4) is 0 Å². The highest BCUT2D eigenvalue weighted by Crippen LogP contribution is 2.22. The number of hydrogen-bond donors (Lipinski definition) is 1. The second-order valence-electron chi connectivity index (χ2n) is 3.58. The molecule has 0 aromatic heterocycles. The van der Waals surface area contributed by atoms with E-state index in [9.17, 15) is 0 Å². The molecule has 0 bridgehead atoms. The smallest absolute Gasteiger partial charge is 0.160 e. The minimum atomic E-state index is 0.169. The van der Waals surface area contributed by atoms with E-state index in [0.717, 1.165) is 23.9 Å². The van der Waals surface area contributed by atoms with Crippen LogP contribution in [0.2, 0.25) is 0 Å². The highest BCUT2D eigenvalue weighted by molar-refractivity contribution is 8.14. The van der Waals surface area contributed by atoms with Crippen molar-refractivity contribution in [1.29, 1.82) is 0 Å². The molecule has 0 spiro atoms. The fraction of sp³-hybridized carbons (Fsp3) is 0.889. The second kappa shape index (κ2) is 4.86. The Morgan fingerprint density at radius 2 is 2.38 bits per heavy atom. The molecule has 0 aliphatic carbocycles. The van der Waals surface area contributed by atoms with Gasteiger partial charge in [-0.3, -0.25) is 4.99 Å². The largest absolute Gasteiger partial charge is 0.335 e. The van der Waals surface area contributed by atoms with Crippen LogP contribution in [0.15, 0.2) is 4.99 Å². The molecule has 1 rings (SSSR count). The van der Waals surface area contributed by atoms with E-state index in [1.165, 1.54) is 0 Å². The first-order valence-electron chi connectivity index (χ1n) is 4.88. The molecule has 76 valence electrons. The predicted molar refractivity (Wildman–Crippen MR) is 60.0 cm³/mol. The summed E-state index contributed by atoms with van der Waals surface area (Å²) in [6.07, 6.45) is 1.30. The molecule has 1 heterocycles. The van der Waals surface area contributed by atoms with Crippen LogP contribution in [0.5, 0.6) is 0 Å². The molecule has 0 saturated carbocycles. The number of rotatable bonds is 3. The zero-order chi connectivity index (χ0) is 9.84. The Morgan fingerprint density at radius 3 is 2.92 bits per heavy atom. The Labute approximate surface area is 84.8 Å². The van der Waals surface area contributed by atoms with Crippen molar-refractivity contribution in [3.63, 3.8) is 0 Å². The molecule has 1 atom stereocenters. The Bertz CT molecular complexity index is 191. The predicted octanol–water partition coefficient (Wildman–Crippen LogP) is 1.49. The van der Waals surface area contributed by atoms with Gasteiger partial charge in [0.05, 0.1) is 6.17 Å². The van der Waals surface area contributed by atoms with Crippen LogP contribution in [0.1, 0.15) is 27.2 Å². The van der Waals surface area contributed by atoms with Crippen LogP contribution in [-0.4, -0.2) is 34.6 Å². The van der Waals surface area contributed by atoms with Crippen molar-refractivity contribution in [2.75, 3.05) is 12.3 Å². The van der Waals surface area contributed by atoms with Crippen molar-refractivity contribution in [2.24, 2.45) is 10.7 Å². The summed E-state index contributed by atoms with van der Waals surface area (Å²) in [4.78, 5) is 6.77. The summed E-state index contributed by atoms with van der Waals surface area (Å²) in [5.74, 6) is 0.978. The molecule has 0 radical (unpaired) electrons. The van der Waals surface area contributed by atoms with Crippen LogP contribution in [0.4, 0.5) is 0 Å². The number of nitrogens with two attached hydrogens (primary N) is 1. The molecular formula is C9H19N3S. The third kappa shape index (κ3) is 2.88. The first-order chi connectivity index (χ1) is 6.15. The minimum Gasteiger partial charge on any atom is -0.335 e. The van der Waals surface area contributed by atoms with Gasteiger partial charge in [-0.1, -0.05) is 18.7 Å². The third-order valence-electron chi connectivity index (χ3n) is 1.86. The van der Waals surface area contributed by atoms with Crippen LogP contribution in [-0.2, 0) is 0 Å². The molecule has 1 aliphatic rings. The average Bonchev–Trinajstić information content (AvgIpc) is 2.35. The molecule has 0 aromatic carbocycles. The highest BCUT2D eigenvalue weighted by Gasteiger charge is 2.26. The zero-order valence-corrected chi connectivity index (χ0v) is 9.47. The van der Waals surface area contributed by atoms with Gasteiger partial charge in [-0.15, -0.1) is 0 Å². The van der Waals surface area contributed by atoms with Gasteiger partial charge in [-0.25, -0.2) is 0 Å². The summed E-state index contributed by atoms with van der Waals surface area (Å²) in [5, 5.41) is 1.13. The molecule has 3 nitrogen and oxygen atoms in total. The highest BCUT2D eigenvalue weighted by atomic mass is 32.2. The molecular weight excluding hydrogens is 182 g/mol. The van der Waals surface area contributed by atoms with Gasteiger partial charge >= 0.3 is 0 Å². The topological polar surface area (TPSA) is 41.6 Å². The summed E-state index contributed by atoms with van der Waals surface area (Å²) in [6, 6.07) is 0.368. The summed E-state index contributed by atoms with van der Waals surface area (Å²) in [7, 11) is 0. The Kier molecular flexibility index (Phi) is 4.06. The van der Waals surface area contributed by atoms with E-state index in [2.05, 4.69) is 30.7 Å². The lowest BCUT2D eigenvalue weighted by Crippen LogP contribution is -2.41.